The van der Waals surface area contributed by atoms with Crippen LogP contribution in [0, 0.1) is 5.82 Å². The fourth-order valence-electron chi connectivity index (χ4n) is 2.20. The number of halogens is 1. The summed E-state index contributed by atoms with van der Waals surface area (Å²) in [5, 5.41) is 0.458. The fraction of sp³-hybridized carbons (Fsp3) is 0.118. The third-order valence-electron chi connectivity index (χ3n) is 3.36. The second-order valence-electron chi connectivity index (χ2n) is 5.03. The zero-order valence-corrected chi connectivity index (χ0v) is 12.2. The normalized spacial score (nSPS) is 12.1. The Hall–Kier alpha value is -3.02. The summed E-state index contributed by atoms with van der Waals surface area (Å²) in [6, 6.07) is 12.1. The van der Waals surface area contributed by atoms with Gasteiger partial charge in [-0.25, -0.2) is 14.2 Å². The van der Waals surface area contributed by atoms with Crippen LogP contribution in [0.25, 0.3) is 10.9 Å². The molecule has 0 bridgehead atoms. The molecular formula is C17H13FN2O3. The highest BCUT2D eigenvalue weighted by Gasteiger charge is 2.17. The number of carbonyl (C=O) groups excluding carboxylic acids is 1. The Morgan fingerprint density at radius 2 is 2.00 bits per heavy atom. The summed E-state index contributed by atoms with van der Waals surface area (Å²) in [5.74, 6) is -0.976. The molecule has 0 unspecified atom stereocenters. The van der Waals surface area contributed by atoms with Crippen LogP contribution >= 0.6 is 0 Å². The number of fused-ring (bicyclic) bond motifs is 1. The van der Waals surface area contributed by atoms with Gasteiger partial charge in [0.05, 0.1) is 16.5 Å². The van der Waals surface area contributed by atoms with Crippen molar-refractivity contribution in [2.45, 2.75) is 13.0 Å². The van der Waals surface area contributed by atoms with Gasteiger partial charge in [0.2, 0.25) is 0 Å². The van der Waals surface area contributed by atoms with Gasteiger partial charge < -0.3 is 9.72 Å². The quantitative estimate of drug-likeness (QED) is 0.755. The summed E-state index contributed by atoms with van der Waals surface area (Å²) in [7, 11) is 0. The molecule has 1 atom stereocenters. The van der Waals surface area contributed by atoms with E-state index in [0.29, 0.717) is 10.9 Å². The van der Waals surface area contributed by atoms with Gasteiger partial charge in [-0.3, -0.25) is 4.79 Å². The summed E-state index contributed by atoms with van der Waals surface area (Å²) in [6.45, 7) is 1.59. The maximum Gasteiger partial charge on any atom is 0.338 e. The second-order valence-corrected chi connectivity index (χ2v) is 5.03. The lowest BCUT2D eigenvalue weighted by molar-refractivity contribution is 0.0319. The molecule has 116 valence electrons. The Morgan fingerprint density at radius 1 is 1.22 bits per heavy atom. The van der Waals surface area contributed by atoms with Crippen molar-refractivity contribution < 1.29 is 13.9 Å². The van der Waals surface area contributed by atoms with E-state index >= 15 is 0 Å². The highest BCUT2D eigenvalue weighted by atomic mass is 19.1. The van der Waals surface area contributed by atoms with Crippen molar-refractivity contribution in [3.05, 3.63) is 76.1 Å². The minimum Gasteiger partial charge on any atom is -0.451 e. The minimum atomic E-state index is -0.775. The summed E-state index contributed by atoms with van der Waals surface area (Å²) >= 11 is 0. The molecule has 23 heavy (non-hydrogen) atoms. The van der Waals surface area contributed by atoms with E-state index in [1.807, 2.05) is 0 Å². The molecule has 2 aromatic carbocycles. The van der Waals surface area contributed by atoms with Crippen LogP contribution in [-0.2, 0) is 4.74 Å². The largest absolute Gasteiger partial charge is 0.451 e. The Labute approximate surface area is 130 Å². The first kappa shape index (κ1) is 14.9. The van der Waals surface area contributed by atoms with Crippen molar-refractivity contribution in [2.75, 3.05) is 0 Å². The van der Waals surface area contributed by atoms with E-state index in [2.05, 4.69) is 9.97 Å². The summed E-state index contributed by atoms with van der Waals surface area (Å²) in [4.78, 5) is 30.9. The Morgan fingerprint density at radius 3 is 2.78 bits per heavy atom. The van der Waals surface area contributed by atoms with E-state index in [4.69, 9.17) is 4.74 Å². The first-order valence-corrected chi connectivity index (χ1v) is 7.00. The number of hydrogen-bond acceptors (Lipinski definition) is 4. The van der Waals surface area contributed by atoms with E-state index in [-0.39, 0.29) is 16.9 Å². The Balaban J connectivity index is 1.87. The van der Waals surface area contributed by atoms with Gasteiger partial charge in [0.1, 0.15) is 5.82 Å². The van der Waals surface area contributed by atoms with Gasteiger partial charge in [0, 0.05) is 0 Å². The summed E-state index contributed by atoms with van der Waals surface area (Å²) < 4.78 is 18.4. The number of ether oxygens (including phenoxy) is 1. The predicted octanol–water partition coefficient (Wildman–Crippen LogP) is 2.98. The van der Waals surface area contributed by atoms with Crippen LogP contribution in [0.1, 0.15) is 29.2 Å². The van der Waals surface area contributed by atoms with Crippen molar-refractivity contribution in [3.63, 3.8) is 0 Å². The smallest absolute Gasteiger partial charge is 0.338 e. The molecule has 0 saturated carbocycles. The molecule has 0 aliphatic heterocycles. The van der Waals surface area contributed by atoms with E-state index in [1.165, 1.54) is 18.2 Å². The van der Waals surface area contributed by atoms with Crippen molar-refractivity contribution in [3.8, 4) is 0 Å². The number of aromatic nitrogens is 2. The molecule has 1 heterocycles. The van der Waals surface area contributed by atoms with E-state index in [0.717, 1.165) is 6.07 Å². The molecule has 1 aromatic heterocycles. The Kier molecular flexibility index (Phi) is 3.89. The average Bonchev–Trinajstić information content (AvgIpc) is 2.54. The number of H-pyrrole nitrogens is 1. The maximum atomic E-state index is 13.1. The van der Waals surface area contributed by atoms with Crippen LogP contribution in [0.2, 0.25) is 0 Å². The molecule has 0 spiro atoms. The topological polar surface area (TPSA) is 72.0 Å². The average molecular weight is 312 g/mol. The zero-order chi connectivity index (χ0) is 16.4. The molecule has 0 amide bonds. The highest BCUT2D eigenvalue weighted by Crippen LogP contribution is 2.16. The van der Waals surface area contributed by atoms with E-state index in [1.54, 1.807) is 31.2 Å². The first-order valence-electron chi connectivity index (χ1n) is 7.00. The van der Waals surface area contributed by atoms with Gasteiger partial charge in [0.25, 0.3) is 5.56 Å². The Bertz CT molecular complexity index is 936. The standard InChI is InChI=1S/C17H13FN2O3/c1-10(23-17(22)11-5-4-6-12(18)9-11)15-19-14-8-3-2-7-13(14)16(21)20-15/h2-10H,1H3,(H,19,20,21)/t10-/m1/s1. The number of hydrogen-bond donors (Lipinski definition) is 1. The number of carbonyl (C=O) groups is 1. The van der Waals surface area contributed by atoms with Crippen LogP contribution in [0.3, 0.4) is 0 Å². The van der Waals surface area contributed by atoms with Crippen LogP contribution < -0.4 is 5.56 Å². The maximum absolute atomic E-state index is 13.1. The van der Waals surface area contributed by atoms with Crippen molar-refractivity contribution >= 4 is 16.9 Å². The number of nitrogens with one attached hydrogen (secondary N) is 1. The third kappa shape index (κ3) is 3.11. The zero-order valence-electron chi connectivity index (χ0n) is 12.2. The number of aromatic amines is 1. The second kappa shape index (κ2) is 6.00. The molecule has 0 fully saturated rings. The van der Waals surface area contributed by atoms with Gasteiger partial charge in [-0.2, -0.15) is 0 Å². The van der Waals surface area contributed by atoms with Crippen molar-refractivity contribution in [1.29, 1.82) is 0 Å². The van der Waals surface area contributed by atoms with Gasteiger partial charge in [-0.05, 0) is 37.3 Å². The SMILES string of the molecule is C[C@@H](OC(=O)c1cccc(F)c1)c1nc2ccccc2c(=O)[nH]1. The first-order chi connectivity index (χ1) is 11.0. The number of para-hydroxylation sites is 1. The van der Waals surface area contributed by atoms with E-state index in [9.17, 15) is 14.0 Å². The number of nitrogens with zero attached hydrogens (tertiary/aromatic N) is 1. The summed E-state index contributed by atoms with van der Waals surface area (Å²) in [5.41, 5.74) is 0.305. The van der Waals surface area contributed by atoms with E-state index < -0.39 is 17.9 Å². The highest BCUT2D eigenvalue weighted by molar-refractivity contribution is 5.89. The lowest BCUT2D eigenvalue weighted by Gasteiger charge is -2.13. The summed E-state index contributed by atoms with van der Waals surface area (Å²) in [6.07, 6.45) is -0.775. The van der Waals surface area contributed by atoms with Crippen LogP contribution in [-0.4, -0.2) is 15.9 Å². The lowest BCUT2D eigenvalue weighted by Crippen LogP contribution is -2.17. The molecule has 0 radical (unpaired) electrons. The van der Waals surface area contributed by atoms with Crippen molar-refractivity contribution in [2.24, 2.45) is 0 Å². The van der Waals surface area contributed by atoms with Gasteiger partial charge in [-0.1, -0.05) is 18.2 Å². The van der Waals surface area contributed by atoms with Gasteiger partial charge in [-0.15, -0.1) is 0 Å². The molecule has 3 rings (SSSR count). The minimum absolute atomic E-state index is 0.0972. The number of benzene rings is 2. The molecule has 0 saturated heterocycles. The van der Waals surface area contributed by atoms with Crippen LogP contribution in [0.5, 0.6) is 0 Å². The van der Waals surface area contributed by atoms with Crippen molar-refractivity contribution in [1.82, 2.24) is 9.97 Å². The predicted molar refractivity (Wildman–Crippen MR) is 82.6 cm³/mol. The number of rotatable bonds is 3. The molecule has 1 N–H and O–H groups in total. The van der Waals surface area contributed by atoms with Gasteiger partial charge >= 0.3 is 5.97 Å². The van der Waals surface area contributed by atoms with Gasteiger partial charge in [0.15, 0.2) is 11.9 Å². The lowest BCUT2D eigenvalue weighted by atomic mass is 10.2. The molecule has 5 nitrogen and oxygen atoms in total. The molecular weight excluding hydrogens is 299 g/mol. The van der Waals surface area contributed by atoms with Crippen LogP contribution in [0.4, 0.5) is 4.39 Å². The number of esters is 1. The fourth-order valence-corrected chi connectivity index (χ4v) is 2.20. The molecule has 0 aliphatic rings. The third-order valence-corrected chi connectivity index (χ3v) is 3.36. The molecule has 0 aliphatic carbocycles. The molecule has 6 heteroatoms. The monoisotopic (exact) mass is 312 g/mol. The van der Waals surface area contributed by atoms with Crippen LogP contribution in [0.15, 0.2) is 53.3 Å². The molecule has 3 aromatic rings.